The van der Waals surface area contributed by atoms with Crippen LogP contribution in [0.4, 0.5) is 11.4 Å². The van der Waals surface area contributed by atoms with Crippen LogP contribution in [0, 0.1) is 0 Å². The first-order valence-electron chi connectivity index (χ1n) is 7.55. The number of nitrogens with one attached hydrogen (secondary N) is 1. The molecule has 0 aliphatic rings. The summed E-state index contributed by atoms with van der Waals surface area (Å²) in [5, 5.41) is 2.79. The van der Waals surface area contributed by atoms with Crippen LogP contribution in [0.2, 0.25) is 0 Å². The number of nitrogens with two attached hydrogens (primary N) is 1. The number of methoxy groups -OCH3 is 1. The summed E-state index contributed by atoms with van der Waals surface area (Å²) >= 11 is 0. The van der Waals surface area contributed by atoms with Crippen LogP contribution in [-0.2, 0) is 0 Å². The van der Waals surface area contributed by atoms with Crippen molar-refractivity contribution in [3.05, 3.63) is 48.0 Å². The predicted molar refractivity (Wildman–Crippen MR) is 99.4 cm³/mol. The third-order valence-electron chi connectivity index (χ3n) is 3.54. The number of benzene rings is 2. The predicted octanol–water partition coefficient (Wildman–Crippen LogP) is 4.13. The van der Waals surface area contributed by atoms with Gasteiger partial charge in [0, 0.05) is 11.6 Å². The topological polar surface area (TPSA) is 73.6 Å². The second-order valence-electron chi connectivity index (χ2n) is 5.27. The summed E-state index contributed by atoms with van der Waals surface area (Å²) in [5.74, 6) is 1.14. The van der Waals surface area contributed by atoms with Gasteiger partial charge < -0.3 is 20.5 Å². The van der Waals surface area contributed by atoms with Crippen LogP contribution in [0.5, 0.6) is 11.5 Å². The smallest absolute Gasteiger partial charge is 0.255 e. The Hall–Kier alpha value is -2.40. The van der Waals surface area contributed by atoms with Crippen LogP contribution in [-0.4, -0.2) is 19.1 Å². The molecule has 0 aliphatic carbocycles. The average molecular weight is 351 g/mol. The summed E-state index contributed by atoms with van der Waals surface area (Å²) in [6.45, 7) is 4.07. The number of hydrogen-bond donors (Lipinski definition) is 2. The van der Waals surface area contributed by atoms with E-state index in [1.165, 1.54) is 0 Å². The molecule has 0 spiro atoms. The molecular formula is C18H23ClN2O3. The van der Waals surface area contributed by atoms with Gasteiger partial charge in [-0.3, -0.25) is 4.79 Å². The van der Waals surface area contributed by atoms with E-state index >= 15 is 0 Å². The second kappa shape index (κ2) is 9.03. The highest BCUT2D eigenvalue weighted by Crippen LogP contribution is 2.25. The number of carbonyl (C=O) groups excluding carboxylic acids is 1. The summed E-state index contributed by atoms with van der Waals surface area (Å²) in [6.07, 6.45) is 1.07. The molecule has 0 saturated heterocycles. The minimum Gasteiger partial charge on any atom is -0.497 e. The third kappa shape index (κ3) is 5.06. The summed E-state index contributed by atoms with van der Waals surface area (Å²) in [6, 6.07) is 12.1. The molecule has 0 fully saturated rings. The molecule has 1 atom stereocenters. The maximum atomic E-state index is 12.3. The van der Waals surface area contributed by atoms with Gasteiger partial charge >= 0.3 is 0 Å². The van der Waals surface area contributed by atoms with Gasteiger partial charge in [0.1, 0.15) is 11.5 Å². The molecule has 2 aromatic rings. The number of hydrogen-bond acceptors (Lipinski definition) is 4. The van der Waals surface area contributed by atoms with E-state index in [2.05, 4.69) is 12.2 Å². The lowest BCUT2D eigenvalue weighted by atomic mass is 10.2. The number of rotatable bonds is 6. The van der Waals surface area contributed by atoms with E-state index < -0.39 is 0 Å². The highest BCUT2D eigenvalue weighted by Gasteiger charge is 2.10. The molecular weight excluding hydrogens is 328 g/mol. The van der Waals surface area contributed by atoms with Gasteiger partial charge in [-0.05, 0) is 49.7 Å². The number of ether oxygens (including phenoxy) is 2. The monoisotopic (exact) mass is 350 g/mol. The Labute approximate surface area is 148 Å². The SMILES string of the molecule is CCC(C)Oc1ccc(C(=O)Nc2cc(OC)ccc2N)cc1.Cl. The summed E-state index contributed by atoms with van der Waals surface area (Å²) < 4.78 is 10.8. The lowest BCUT2D eigenvalue weighted by molar-refractivity contribution is 0.102. The van der Waals surface area contributed by atoms with Crippen molar-refractivity contribution in [2.24, 2.45) is 0 Å². The summed E-state index contributed by atoms with van der Waals surface area (Å²) in [4.78, 5) is 12.3. The van der Waals surface area contributed by atoms with Crippen molar-refractivity contribution >= 4 is 29.7 Å². The number of carbonyl (C=O) groups is 1. The first kappa shape index (κ1) is 19.6. The van der Waals surface area contributed by atoms with Crippen molar-refractivity contribution in [3.63, 3.8) is 0 Å². The fraction of sp³-hybridized carbons (Fsp3) is 0.278. The molecule has 6 heteroatoms. The molecule has 0 saturated carbocycles. The number of nitrogen functional groups attached to an aromatic ring is 1. The minimum absolute atomic E-state index is 0. The fourth-order valence-electron chi connectivity index (χ4n) is 1.97. The molecule has 0 radical (unpaired) electrons. The third-order valence-corrected chi connectivity index (χ3v) is 3.54. The highest BCUT2D eigenvalue weighted by atomic mass is 35.5. The molecule has 2 aromatic carbocycles. The van der Waals surface area contributed by atoms with Gasteiger partial charge in [0.25, 0.3) is 5.91 Å². The zero-order chi connectivity index (χ0) is 16.8. The first-order chi connectivity index (χ1) is 11.0. The van der Waals surface area contributed by atoms with Crippen LogP contribution in [0.3, 0.4) is 0 Å². The number of anilines is 2. The van der Waals surface area contributed by atoms with Crippen LogP contribution in [0.25, 0.3) is 0 Å². The van der Waals surface area contributed by atoms with Gasteiger partial charge in [-0.1, -0.05) is 6.92 Å². The van der Waals surface area contributed by atoms with Crippen molar-refractivity contribution in [2.75, 3.05) is 18.2 Å². The number of amides is 1. The Kier molecular flexibility index (Phi) is 7.39. The Morgan fingerprint density at radius 3 is 2.38 bits per heavy atom. The lowest BCUT2D eigenvalue weighted by Crippen LogP contribution is -2.14. The molecule has 0 bridgehead atoms. The van der Waals surface area contributed by atoms with Crippen molar-refractivity contribution < 1.29 is 14.3 Å². The Balaban J connectivity index is 0.00000288. The second-order valence-corrected chi connectivity index (χ2v) is 5.27. The van der Waals surface area contributed by atoms with Crippen LogP contribution >= 0.6 is 12.4 Å². The Morgan fingerprint density at radius 2 is 1.79 bits per heavy atom. The van der Waals surface area contributed by atoms with E-state index in [-0.39, 0.29) is 24.4 Å². The van der Waals surface area contributed by atoms with Crippen molar-refractivity contribution in [3.8, 4) is 11.5 Å². The van der Waals surface area contributed by atoms with Gasteiger partial charge in [0.2, 0.25) is 0 Å². The van der Waals surface area contributed by atoms with E-state index in [1.807, 2.05) is 6.92 Å². The summed E-state index contributed by atoms with van der Waals surface area (Å²) in [7, 11) is 1.56. The summed E-state index contributed by atoms with van der Waals surface area (Å²) in [5.41, 5.74) is 7.41. The van der Waals surface area contributed by atoms with E-state index in [0.717, 1.165) is 12.2 Å². The first-order valence-corrected chi connectivity index (χ1v) is 7.55. The molecule has 0 aliphatic heterocycles. The van der Waals surface area contributed by atoms with E-state index in [4.69, 9.17) is 15.2 Å². The van der Waals surface area contributed by atoms with Gasteiger partial charge in [-0.2, -0.15) is 0 Å². The molecule has 0 heterocycles. The van der Waals surface area contributed by atoms with Crippen LogP contribution in [0.1, 0.15) is 30.6 Å². The zero-order valence-corrected chi connectivity index (χ0v) is 14.9. The molecule has 24 heavy (non-hydrogen) atoms. The van der Waals surface area contributed by atoms with Crippen LogP contribution < -0.4 is 20.5 Å². The molecule has 1 amide bonds. The highest BCUT2D eigenvalue weighted by molar-refractivity contribution is 6.05. The van der Waals surface area contributed by atoms with Gasteiger partial charge in [-0.15, -0.1) is 12.4 Å². The molecule has 0 aromatic heterocycles. The lowest BCUT2D eigenvalue weighted by Gasteiger charge is -2.13. The zero-order valence-electron chi connectivity index (χ0n) is 14.0. The van der Waals surface area contributed by atoms with Crippen molar-refractivity contribution in [1.82, 2.24) is 0 Å². The molecule has 130 valence electrons. The Bertz CT molecular complexity index is 674. The molecule has 2 rings (SSSR count). The quantitative estimate of drug-likeness (QED) is 0.768. The van der Waals surface area contributed by atoms with E-state index in [0.29, 0.717) is 22.7 Å². The standard InChI is InChI=1S/C18H22N2O3.ClH/c1-4-12(2)23-14-7-5-13(6-8-14)18(21)20-17-11-15(22-3)9-10-16(17)19;/h5-12H,4,19H2,1-3H3,(H,20,21);1H. The number of halogens is 1. The van der Waals surface area contributed by atoms with Gasteiger partial charge in [0.15, 0.2) is 0 Å². The van der Waals surface area contributed by atoms with Gasteiger partial charge in [0.05, 0.1) is 24.6 Å². The van der Waals surface area contributed by atoms with Crippen molar-refractivity contribution in [2.45, 2.75) is 26.4 Å². The van der Waals surface area contributed by atoms with E-state index in [1.54, 1.807) is 49.6 Å². The largest absolute Gasteiger partial charge is 0.497 e. The molecule has 1 unspecified atom stereocenters. The maximum absolute atomic E-state index is 12.3. The normalized spacial score (nSPS) is 11.1. The maximum Gasteiger partial charge on any atom is 0.255 e. The minimum atomic E-state index is -0.236. The molecule has 5 nitrogen and oxygen atoms in total. The van der Waals surface area contributed by atoms with Crippen molar-refractivity contribution in [1.29, 1.82) is 0 Å². The molecule has 3 N–H and O–H groups in total. The average Bonchev–Trinajstić information content (AvgIpc) is 2.57. The van der Waals surface area contributed by atoms with Crippen LogP contribution in [0.15, 0.2) is 42.5 Å². The van der Waals surface area contributed by atoms with Gasteiger partial charge in [-0.25, -0.2) is 0 Å². The van der Waals surface area contributed by atoms with E-state index in [9.17, 15) is 4.79 Å². The Morgan fingerprint density at radius 1 is 1.17 bits per heavy atom. The fourth-order valence-corrected chi connectivity index (χ4v) is 1.97.